The van der Waals surface area contributed by atoms with Gasteiger partial charge in [0.25, 0.3) is 0 Å². The lowest BCUT2D eigenvalue weighted by Gasteiger charge is -2.39. The second-order valence-electron chi connectivity index (χ2n) is 4.06. The highest BCUT2D eigenvalue weighted by atomic mass is 19.4. The first-order chi connectivity index (χ1) is 6.57. The predicted molar refractivity (Wildman–Crippen MR) is 44.9 cm³/mol. The molecule has 1 aliphatic heterocycles. The van der Waals surface area contributed by atoms with Crippen molar-refractivity contribution in [3.8, 4) is 0 Å². The average Bonchev–Trinajstić information content (AvgIpc) is 2.46. The predicted octanol–water partition coefficient (Wildman–Crippen LogP) is 1.71. The van der Waals surface area contributed by atoms with Crippen LogP contribution in [0, 0.1) is 5.92 Å². The SMILES string of the molecule is FC(F)(F)C1CCC1NC1CCOC1. The van der Waals surface area contributed by atoms with E-state index in [1.807, 2.05) is 0 Å². The molecule has 5 heteroatoms. The van der Waals surface area contributed by atoms with Crippen molar-refractivity contribution >= 4 is 0 Å². The van der Waals surface area contributed by atoms with Gasteiger partial charge in [-0.25, -0.2) is 0 Å². The zero-order chi connectivity index (χ0) is 10.2. The second-order valence-corrected chi connectivity index (χ2v) is 4.06. The molecular formula is C9H14F3NO. The molecule has 0 radical (unpaired) electrons. The minimum Gasteiger partial charge on any atom is -0.380 e. The Morgan fingerprint density at radius 1 is 1.14 bits per heavy atom. The number of halogens is 3. The fraction of sp³-hybridized carbons (Fsp3) is 1.00. The van der Waals surface area contributed by atoms with E-state index in [2.05, 4.69) is 5.32 Å². The van der Waals surface area contributed by atoms with Gasteiger partial charge in [0, 0.05) is 18.7 Å². The first-order valence-corrected chi connectivity index (χ1v) is 4.98. The summed E-state index contributed by atoms with van der Waals surface area (Å²) in [6.45, 7) is 1.22. The Bertz CT molecular complexity index is 201. The third-order valence-electron chi connectivity index (χ3n) is 3.07. The van der Waals surface area contributed by atoms with Gasteiger partial charge in [0.05, 0.1) is 12.5 Å². The van der Waals surface area contributed by atoms with Gasteiger partial charge in [-0.15, -0.1) is 0 Å². The number of ether oxygens (including phenoxy) is 1. The van der Waals surface area contributed by atoms with Crippen molar-refractivity contribution < 1.29 is 17.9 Å². The lowest BCUT2D eigenvalue weighted by atomic mass is 9.78. The Labute approximate surface area is 80.8 Å². The van der Waals surface area contributed by atoms with E-state index in [9.17, 15) is 13.2 Å². The minimum atomic E-state index is -4.03. The second kappa shape index (κ2) is 3.70. The summed E-state index contributed by atoms with van der Waals surface area (Å²) in [4.78, 5) is 0. The summed E-state index contributed by atoms with van der Waals surface area (Å²) >= 11 is 0. The Hall–Kier alpha value is -0.290. The molecule has 1 N–H and O–H groups in total. The zero-order valence-corrected chi connectivity index (χ0v) is 7.81. The molecule has 2 rings (SSSR count). The number of rotatable bonds is 2. The maximum absolute atomic E-state index is 12.4. The fourth-order valence-electron chi connectivity index (χ4n) is 2.06. The van der Waals surface area contributed by atoms with Crippen LogP contribution in [0.15, 0.2) is 0 Å². The molecule has 0 aromatic rings. The van der Waals surface area contributed by atoms with Crippen LogP contribution in [-0.4, -0.2) is 31.5 Å². The summed E-state index contributed by atoms with van der Waals surface area (Å²) in [6.07, 6.45) is -2.29. The molecule has 3 atom stereocenters. The number of alkyl halides is 3. The van der Waals surface area contributed by atoms with Crippen molar-refractivity contribution in [1.29, 1.82) is 0 Å². The summed E-state index contributed by atoms with van der Waals surface area (Å²) in [5.74, 6) is -1.14. The highest BCUT2D eigenvalue weighted by molar-refractivity contribution is 4.93. The van der Waals surface area contributed by atoms with Gasteiger partial charge in [0.2, 0.25) is 0 Å². The summed E-state index contributed by atoms with van der Waals surface area (Å²) in [5, 5.41) is 3.03. The molecule has 0 aromatic heterocycles. The third-order valence-corrected chi connectivity index (χ3v) is 3.07. The Morgan fingerprint density at radius 3 is 2.36 bits per heavy atom. The fourth-order valence-corrected chi connectivity index (χ4v) is 2.06. The monoisotopic (exact) mass is 209 g/mol. The van der Waals surface area contributed by atoms with E-state index in [1.54, 1.807) is 0 Å². The zero-order valence-electron chi connectivity index (χ0n) is 7.81. The van der Waals surface area contributed by atoms with Gasteiger partial charge in [-0.2, -0.15) is 13.2 Å². The summed E-state index contributed by atoms with van der Waals surface area (Å²) in [5.41, 5.74) is 0. The largest absolute Gasteiger partial charge is 0.393 e. The molecule has 1 saturated carbocycles. The van der Waals surface area contributed by atoms with E-state index < -0.39 is 12.1 Å². The standard InChI is InChI=1S/C9H14F3NO/c10-9(11,12)7-1-2-8(7)13-6-3-4-14-5-6/h6-8,13H,1-5H2. The smallest absolute Gasteiger partial charge is 0.380 e. The molecular weight excluding hydrogens is 195 g/mol. The highest BCUT2D eigenvalue weighted by Crippen LogP contribution is 2.41. The van der Waals surface area contributed by atoms with Crippen molar-refractivity contribution in [1.82, 2.24) is 5.32 Å². The van der Waals surface area contributed by atoms with Crippen LogP contribution in [0.5, 0.6) is 0 Å². The van der Waals surface area contributed by atoms with Gasteiger partial charge in [-0.05, 0) is 19.3 Å². The van der Waals surface area contributed by atoms with Crippen molar-refractivity contribution in [2.75, 3.05) is 13.2 Å². The van der Waals surface area contributed by atoms with Gasteiger partial charge in [-0.1, -0.05) is 0 Å². The van der Waals surface area contributed by atoms with Crippen LogP contribution < -0.4 is 5.32 Å². The van der Waals surface area contributed by atoms with Crippen molar-refractivity contribution in [3.63, 3.8) is 0 Å². The first kappa shape index (κ1) is 10.2. The normalized spacial score (nSPS) is 38.4. The van der Waals surface area contributed by atoms with Crippen LogP contribution in [0.3, 0.4) is 0 Å². The van der Waals surface area contributed by atoms with E-state index in [-0.39, 0.29) is 18.5 Å². The maximum atomic E-state index is 12.4. The summed E-state index contributed by atoms with van der Waals surface area (Å²) in [7, 11) is 0. The molecule has 1 heterocycles. The van der Waals surface area contributed by atoms with E-state index in [0.29, 0.717) is 19.6 Å². The van der Waals surface area contributed by atoms with Gasteiger partial charge in [0.1, 0.15) is 0 Å². The van der Waals surface area contributed by atoms with Crippen LogP contribution in [0.25, 0.3) is 0 Å². The van der Waals surface area contributed by atoms with Gasteiger partial charge < -0.3 is 10.1 Å². The van der Waals surface area contributed by atoms with Crippen LogP contribution in [0.2, 0.25) is 0 Å². The third kappa shape index (κ3) is 2.03. The first-order valence-electron chi connectivity index (χ1n) is 4.98. The molecule has 0 aromatic carbocycles. The number of hydrogen-bond acceptors (Lipinski definition) is 2. The molecule has 0 bridgehead atoms. The van der Waals surface area contributed by atoms with Gasteiger partial charge >= 0.3 is 6.18 Å². The van der Waals surface area contributed by atoms with E-state index in [4.69, 9.17) is 4.74 Å². The lowest BCUT2D eigenvalue weighted by molar-refractivity contribution is -0.203. The minimum absolute atomic E-state index is 0.130. The molecule has 0 spiro atoms. The Kier molecular flexibility index (Phi) is 2.70. The van der Waals surface area contributed by atoms with E-state index in [1.165, 1.54) is 0 Å². The van der Waals surface area contributed by atoms with Gasteiger partial charge in [0.15, 0.2) is 0 Å². The maximum Gasteiger partial charge on any atom is 0.393 e. The molecule has 82 valence electrons. The molecule has 1 aliphatic carbocycles. The van der Waals surface area contributed by atoms with Crippen LogP contribution in [0.1, 0.15) is 19.3 Å². The average molecular weight is 209 g/mol. The quantitative estimate of drug-likeness (QED) is 0.747. The lowest BCUT2D eigenvalue weighted by Crippen LogP contribution is -2.53. The number of nitrogens with one attached hydrogen (secondary N) is 1. The Balaban J connectivity index is 1.81. The van der Waals surface area contributed by atoms with Crippen molar-refractivity contribution in [2.45, 2.75) is 37.5 Å². The number of hydrogen-bond donors (Lipinski definition) is 1. The van der Waals surface area contributed by atoms with E-state index in [0.717, 1.165) is 6.42 Å². The van der Waals surface area contributed by atoms with Crippen LogP contribution in [0.4, 0.5) is 13.2 Å². The van der Waals surface area contributed by atoms with Crippen LogP contribution in [-0.2, 0) is 4.74 Å². The Morgan fingerprint density at radius 2 is 1.93 bits per heavy atom. The van der Waals surface area contributed by atoms with Crippen molar-refractivity contribution in [2.24, 2.45) is 5.92 Å². The summed E-state index contributed by atoms with van der Waals surface area (Å²) in [6, 6.07) is -0.244. The van der Waals surface area contributed by atoms with Crippen molar-refractivity contribution in [3.05, 3.63) is 0 Å². The van der Waals surface area contributed by atoms with E-state index >= 15 is 0 Å². The molecule has 3 unspecified atom stereocenters. The molecule has 2 aliphatic rings. The molecule has 2 fully saturated rings. The summed E-state index contributed by atoms with van der Waals surface area (Å²) < 4.78 is 42.2. The highest BCUT2D eigenvalue weighted by Gasteiger charge is 2.50. The van der Waals surface area contributed by atoms with Gasteiger partial charge in [-0.3, -0.25) is 0 Å². The molecule has 1 saturated heterocycles. The topological polar surface area (TPSA) is 21.3 Å². The molecule has 0 amide bonds. The van der Waals surface area contributed by atoms with Crippen LogP contribution >= 0.6 is 0 Å². The molecule has 2 nitrogen and oxygen atoms in total. The molecule has 14 heavy (non-hydrogen) atoms.